The summed E-state index contributed by atoms with van der Waals surface area (Å²) in [5, 5.41) is 7.16. The molecule has 0 aliphatic rings. The average molecular weight is 291 g/mol. The number of nitrogens with zero attached hydrogens (tertiary/aromatic N) is 2. The van der Waals surface area contributed by atoms with Gasteiger partial charge in [-0.25, -0.2) is 4.68 Å². The minimum absolute atomic E-state index is 0.116. The molecule has 1 amide bonds. The van der Waals surface area contributed by atoms with Crippen LogP contribution in [0.15, 0.2) is 60.8 Å². The smallest absolute Gasteiger partial charge is 0.255 e. The largest absolute Gasteiger partial charge is 0.322 e. The van der Waals surface area contributed by atoms with Crippen molar-refractivity contribution in [2.45, 2.75) is 13.8 Å². The normalized spacial score (nSPS) is 10.5. The molecule has 0 fully saturated rings. The van der Waals surface area contributed by atoms with Gasteiger partial charge in [0.15, 0.2) is 0 Å². The van der Waals surface area contributed by atoms with Gasteiger partial charge in [0.1, 0.15) is 0 Å². The average Bonchev–Trinajstić information content (AvgIpc) is 2.93. The Morgan fingerprint density at radius 2 is 1.82 bits per heavy atom. The monoisotopic (exact) mass is 291 g/mol. The van der Waals surface area contributed by atoms with Crippen molar-refractivity contribution in [3.8, 4) is 5.69 Å². The van der Waals surface area contributed by atoms with E-state index in [2.05, 4.69) is 10.4 Å². The molecule has 0 aliphatic heterocycles. The first-order chi connectivity index (χ1) is 10.6. The van der Waals surface area contributed by atoms with Gasteiger partial charge in [-0.2, -0.15) is 5.10 Å². The zero-order valence-electron chi connectivity index (χ0n) is 12.6. The molecule has 3 aromatic rings. The summed E-state index contributed by atoms with van der Waals surface area (Å²) in [6.07, 6.45) is 1.76. The quantitative estimate of drug-likeness (QED) is 0.799. The van der Waals surface area contributed by atoms with E-state index in [1.807, 2.05) is 73.1 Å². The van der Waals surface area contributed by atoms with Gasteiger partial charge in [-0.1, -0.05) is 12.1 Å². The number of aromatic nitrogens is 2. The predicted molar refractivity (Wildman–Crippen MR) is 87.4 cm³/mol. The van der Waals surface area contributed by atoms with Gasteiger partial charge < -0.3 is 5.32 Å². The van der Waals surface area contributed by atoms with Crippen LogP contribution in [-0.4, -0.2) is 15.7 Å². The third-order valence-electron chi connectivity index (χ3n) is 3.48. The molecule has 1 heterocycles. The summed E-state index contributed by atoms with van der Waals surface area (Å²) < 4.78 is 1.84. The Labute approximate surface area is 129 Å². The van der Waals surface area contributed by atoms with Crippen molar-refractivity contribution in [1.29, 1.82) is 0 Å². The van der Waals surface area contributed by atoms with Crippen LogP contribution >= 0.6 is 0 Å². The number of benzene rings is 2. The maximum Gasteiger partial charge on any atom is 0.255 e. The second-order valence-electron chi connectivity index (χ2n) is 5.25. The molecule has 0 spiro atoms. The SMILES string of the molecule is Cc1cccc(NC(=O)c2ccc(-n3nccc3C)cc2)c1. The maximum atomic E-state index is 12.3. The zero-order valence-corrected chi connectivity index (χ0v) is 12.6. The Balaban J connectivity index is 1.78. The molecule has 4 nitrogen and oxygen atoms in total. The lowest BCUT2D eigenvalue weighted by atomic mass is 10.1. The first-order valence-electron chi connectivity index (χ1n) is 7.12. The van der Waals surface area contributed by atoms with Gasteiger partial charge in [0.05, 0.1) is 5.69 Å². The van der Waals surface area contributed by atoms with E-state index in [9.17, 15) is 4.79 Å². The lowest BCUT2D eigenvalue weighted by Crippen LogP contribution is -2.12. The Morgan fingerprint density at radius 3 is 2.45 bits per heavy atom. The van der Waals surface area contributed by atoms with Crippen LogP contribution in [0.3, 0.4) is 0 Å². The number of hydrogen-bond donors (Lipinski definition) is 1. The number of nitrogens with one attached hydrogen (secondary N) is 1. The molecule has 0 saturated carbocycles. The molecule has 0 bridgehead atoms. The van der Waals surface area contributed by atoms with Gasteiger partial charge in [0, 0.05) is 23.1 Å². The fourth-order valence-electron chi connectivity index (χ4n) is 2.32. The fraction of sp³-hybridized carbons (Fsp3) is 0.111. The topological polar surface area (TPSA) is 46.9 Å². The minimum Gasteiger partial charge on any atom is -0.322 e. The molecule has 1 aromatic heterocycles. The molecule has 22 heavy (non-hydrogen) atoms. The molecule has 0 radical (unpaired) electrons. The minimum atomic E-state index is -0.116. The van der Waals surface area contributed by atoms with E-state index in [0.29, 0.717) is 5.56 Å². The van der Waals surface area contributed by atoms with Crippen LogP contribution in [0.1, 0.15) is 21.6 Å². The Bertz CT molecular complexity index is 803. The highest BCUT2D eigenvalue weighted by Gasteiger charge is 2.07. The van der Waals surface area contributed by atoms with Crippen LogP contribution in [0.25, 0.3) is 5.69 Å². The van der Waals surface area contributed by atoms with Crippen molar-refractivity contribution in [1.82, 2.24) is 9.78 Å². The van der Waals surface area contributed by atoms with Gasteiger partial charge in [0.25, 0.3) is 5.91 Å². The summed E-state index contributed by atoms with van der Waals surface area (Å²) in [7, 11) is 0. The van der Waals surface area contributed by atoms with E-state index in [1.54, 1.807) is 6.20 Å². The second-order valence-corrected chi connectivity index (χ2v) is 5.25. The van der Waals surface area contributed by atoms with Crippen LogP contribution < -0.4 is 5.32 Å². The molecule has 0 atom stereocenters. The molecular weight excluding hydrogens is 274 g/mol. The summed E-state index contributed by atoms with van der Waals surface area (Å²) in [6, 6.07) is 17.1. The second kappa shape index (κ2) is 5.85. The molecule has 0 saturated heterocycles. The molecule has 2 aromatic carbocycles. The van der Waals surface area contributed by atoms with E-state index in [4.69, 9.17) is 0 Å². The molecule has 1 N–H and O–H groups in total. The van der Waals surface area contributed by atoms with Gasteiger partial charge in [-0.3, -0.25) is 4.79 Å². The summed E-state index contributed by atoms with van der Waals surface area (Å²) in [4.78, 5) is 12.3. The first-order valence-corrected chi connectivity index (χ1v) is 7.12. The Hall–Kier alpha value is -2.88. The molecular formula is C18H17N3O. The Morgan fingerprint density at radius 1 is 1.05 bits per heavy atom. The van der Waals surface area contributed by atoms with E-state index in [-0.39, 0.29) is 5.91 Å². The number of hydrogen-bond acceptors (Lipinski definition) is 2. The predicted octanol–water partition coefficient (Wildman–Crippen LogP) is 3.74. The highest BCUT2D eigenvalue weighted by Crippen LogP contribution is 2.14. The number of amides is 1. The standard InChI is InChI=1S/C18H17N3O/c1-13-4-3-5-16(12-13)20-18(22)15-6-8-17(9-7-15)21-14(2)10-11-19-21/h3-12H,1-2H3,(H,20,22). The van der Waals surface area contributed by atoms with Gasteiger partial charge in [-0.15, -0.1) is 0 Å². The van der Waals surface area contributed by atoms with Crippen molar-refractivity contribution < 1.29 is 4.79 Å². The highest BCUT2D eigenvalue weighted by atomic mass is 16.1. The lowest BCUT2D eigenvalue weighted by molar-refractivity contribution is 0.102. The first kappa shape index (κ1) is 14.1. The molecule has 3 rings (SSSR count). The third kappa shape index (κ3) is 2.91. The third-order valence-corrected chi connectivity index (χ3v) is 3.48. The molecule has 4 heteroatoms. The van der Waals surface area contributed by atoms with E-state index in [0.717, 1.165) is 22.6 Å². The van der Waals surface area contributed by atoms with Gasteiger partial charge >= 0.3 is 0 Å². The van der Waals surface area contributed by atoms with Crippen LogP contribution in [-0.2, 0) is 0 Å². The number of aryl methyl sites for hydroxylation is 2. The van der Waals surface area contributed by atoms with Crippen molar-refractivity contribution in [2.75, 3.05) is 5.32 Å². The summed E-state index contributed by atoms with van der Waals surface area (Å²) in [5.74, 6) is -0.116. The maximum absolute atomic E-state index is 12.3. The summed E-state index contributed by atoms with van der Waals surface area (Å²) >= 11 is 0. The van der Waals surface area contributed by atoms with E-state index in [1.165, 1.54) is 0 Å². The van der Waals surface area contributed by atoms with Crippen LogP contribution in [0.4, 0.5) is 5.69 Å². The number of carbonyl (C=O) groups excluding carboxylic acids is 1. The Kier molecular flexibility index (Phi) is 3.74. The number of rotatable bonds is 3. The van der Waals surface area contributed by atoms with E-state index >= 15 is 0 Å². The van der Waals surface area contributed by atoms with Gasteiger partial charge in [-0.05, 0) is 61.9 Å². The number of carbonyl (C=O) groups is 1. The molecule has 110 valence electrons. The van der Waals surface area contributed by atoms with Gasteiger partial charge in [0.2, 0.25) is 0 Å². The zero-order chi connectivity index (χ0) is 15.5. The number of anilines is 1. The van der Waals surface area contributed by atoms with Crippen LogP contribution in [0, 0.1) is 13.8 Å². The molecule has 0 unspecified atom stereocenters. The van der Waals surface area contributed by atoms with Crippen molar-refractivity contribution >= 4 is 11.6 Å². The van der Waals surface area contributed by atoms with E-state index < -0.39 is 0 Å². The highest BCUT2D eigenvalue weighted by molar-refractivity contribution is 6.04. The van der Waals surface area contributed by atoms with Crippen molar-refractivity contribution in [3.05, 3.63) is 77.6 Å². The summed E-state index contributed by atoms with van der Waals surface area (Å²) in [5.41, 5.74) is 4.53. The van der Waals surface area contributed by atoms with Crippen molar-refractivity contribution in [3.63, 3.8) is 0 Å². The fourth-order valence-corrected chi connectivity index (χ4v) is 2.32. The van der Waals surface area contributed by atoms with Crippen molar-refractivity contribution in [2.24, 2.45) is 0 Å². The summed E-state index contributed by atoms with van der Waals surface area (Å²) in [6.45, 7) is 3.99. The molecule has 0 aliphatic carbocycles. The van der Waals surface area contributed by atoms with Crippen LogP contribution in [0.5, 0.6) is 0 Å². The van der Waals surface area contributed by atoms with Crippen LogP contribution in [0.2, 0.25) is 0 Å². The lowest BCUT2D eigenvalue weighted by Gasteiger charge is -2.08.